The van der Waals surface area contributed by atoms with Crippen LogP contribution in [0.2, 0.25) is 5.02 Å². The number of halogens is 1. The summed E-state index contributed by atoms with van der Waals surface area (Å²) in [7, 11) is 0. The molecule has 0 saturated carbocycles. The number of hydrogen-bond acceptors (Lipinski definition) is 6. The van der Waals surface area contributed by atoms with E-state index in [1.807, 2.05) is 67.6 Å². The van der Waals surface area contributed by atoms with Crippen LogP contribution in [-0.2, 0) is 16.1 Å². The molecule has 1 saturated heterocycles. The number of ether oxygens (including phenoxy) is 2. The van der Waals surface area contributed by atoms with E-state index in [-0.39, 0.29) is 45.9 Å². The number of rotatable bonds is 9. The number of benzene rings is 4. The fourth-order valence-electron chi connectivity index (χ4n) is 4.24. The van der Waals surface area contributed by atoms with Crippen molar-refractivity contribution in [1.82, 2.24) is 4.90 Å². The summed E-state index contributed by atoms with van der Waals surface area (Å²) < 4.78 is 11.4. The molecular formula is C31H25ClN2O5S. The van der Waals surface area contributed by atoms with Crippen LogP contribution in [0.4, 0.5) is 10.5 Å². The first-order valence-electron chi connectivity index (χ1n) is 12.6. The van der Waals surface area contributed by atoms with Gasteiger partial charge in [-0.3, -0.25) is 19.3 Å². The molecule has 0 aromatic heterocycles. The highest BCUT2D eigenvalue weighted by atomic mass is 35.5. The largest absolute Gasteiger partial charge is 0.490 e. The molecule has 1 heterocycles. The minimum absolute atomic E-state index is 0.176. The Morgan fingerprint density at radius 1 is 0.950 bits per heavy atom. The van der Waals surface area contributed by atoms with E-state index in [4.69, 9.17) is 21.1 Å². The molecule has 1 aliphatic rings. The van der Waals surface area contributed by atoms with Crippen LogP contribution in [0.25, 0.3) is 16.8 Å². The quantitative estimate of drug-likeness (QED) is 0.214. The normalized spacial score (nSPS) is 14.2. The molecule has 0 radical (unpaired) electrons. The summed E-state index contributed by atoms with van der Waals surface area (Å²) >= 11 is 7.39. The van der Waals surface area contributed by atoms with Crippen LogP contribution in [0.3, 0.4) is 0 Å². The van der Waals surface area contributed by atoms with Gasteiger partial charge in [0.1, 0.15) is 0 Å². The van der Waals surface area contributed by atoms with Gasteiger partial charge in [-0.15, -0.1) is 0 Å². The Morgan fingerprint density at radius 3 is 2.48 bits per heavy atom. The van der Waals surface area contributed by atoms with Gasteiger partial charge in [0.2, 0.25) is 0 Å². The van der Waals surface area contributed by atoms with Gasteiger partial charge in [-0.1, -0.05) is 66.2 Å². The zero-order chi connectivity index (χ0) is 28.1. The monoisotopic (exact) mass is 572 g/mol. The van der Waals surface area contributed by atoms with Crippen molar-refractivity contribution in [2.75, 3.05) is 18.5 Å². The SMILES string of the molecule is CCOc1cc(/C=C2\SC(=O)N(Cc3ccc4ccccc4c3)C2=O)cc(Cl)c1OCC(=O)Nc1ccccc1. The molecule has 3 amide bonds. The molecule has 1 fully saturated rings. The number of anilines is 1. The summed E-state index contributed by atoms with van der Waals surface area (Å²) in [6.45, 7) is 2.04. The molecule has 0 atom stereocenters. The minimum atomic E-state index is -0.379. The lowest BCUT2D eigenvalue weighted by Gasteiger charge is -2.15. The summed E-state index contributed by atoms with van der Waals surface area (Å²) in [5.74, 6) is -0.193. The van der Waals surface area contributed by atoms with Crippen molar-refractivity contribution in [2.45, 2.75) is 13.5 Å². The molecule has 1 aliphatic heterocycles. The lowest BCUT2D eigenvalue weighted by atomic mass is 10.1. The summed E-state index contributed by atoms with van der Waals surface area (Å²) in [4.78, 5) is 39.8. The van der Waals surface area contributed by atoms with E-state index in [1.165, 1.54) is 4.90 Å². The fraction of sp³-hybridized carbons (Fsp3) is 0.129. The van der Waals surface area contributed by atoms with Gasteiger partial charge in [0.25, 0.3) is 17.1 Å². The summed E-state index contributed by atoms with van der Waals surface area (Å²) in [6, 6.07) is 26.1. The number of nitrogens with zero attached hydrogens (tertiary/aromatic N) is 1. The Labute approximate surface area is 240 Å². The van der Waals surface area contributed by atoms with Gasteiger partial charge in [-0.05, 0) is 77.0 Å². The Morgan fingerprint density at radius 2 is 1.70 bits per heavy atom. The van der Waals surface area contributed by atoms with Crippen molar-refractivity contribution in [1.29, 1.82) is 0 Å². The Bertz CT molecular complexity index is 1620. The van der Waals surface area contributed by atoms with Gasteiger partial charge >= 0.3 is 0 Å². The average Bonchev–Trinajstić information content (AvgIpc) is 3.20. The van der Waals surface area contributed by atoms with Gasteiger partial charge in [0, 0.05) is 5.69 Å². The van der Waals surface area contributed by atoms with Crippen molar-refractivity contribution < 1.29 is 23.9 Å². The number of nitrogens with one attached hydrogen (secondary N) is 1. The number of para-hydroxylation sites is 1. The topological polar surface area (TPSA) is 84.9 Å². The van der Waals surface area contributed by atoms with E-state index < -0.39 is 0 Å². The van der Waals surface area contributed by atoms with Gasteiger partial charge in [0.05, 0.1) is 23.1 Å². The van der Waals surface area contributed by atoms with Crippen LogP contribution in [0.15, 0.2) is 89.8 Å². The van der Waals surface area contributed by atoms with Gasteiger partial charge in [0.15, 0.2) is 18.1 Å². The highest BCUT2D eigenvalue weighted by Crippen LogP contribution is 2.39. The van der Waals surface area contributed by atoms with E-state index in [0.717, 1.165) is 28.1 Å². The second-order valence-corrected chi connectivity index (χ2v) is 10.3. The maximum absolute atomic E-state index is 13.2. The molecule has 0 spiro atoms. The van der Waals surface area contributed by atoms with Gasteiger partial charge in [-0.2, -0.15) is 0 Å². The van der Waals surface area contributed by atoms with Crippen molar-refractivity contribution in [3.8, 4) is 11.5 Å². The third kappa shape index (κ3) is 6.30. The van der Waals surface area contributed by atoms with Crippen LogP contribution < -0.4 is 14.8 Å². The molecular weight excluding hydrogens is 548 g/mol. The first-order chi connectivity index (χ1) is 19.4. The number of fused-ring (bicyclic) bond motifs is 1. The predicted octanol–water partition coefficient (Wildman–Crippen LogP) is 7.15. The number of imide groups is 1. The first kappa shape index (κ1) is 27.3. The molecule has 0 aliphatic carbocycles. The third-order valence-electron chi connectivity index (χ3n) is 6.06. The highest BCUT2D eigenvalue weighted by molar-refractivity contribution is 8.18. The van der Waals surface area contributed by atoms with E-state index in [9.17, 15) is 14.4 Å². The van der Waals surface area contributed by atoms with Crippen molar-refractivity contribution >= 4 is 63.0 Å². The van der Waals surface area contributed by atoms with Crippen molar-refractivity contribution in [3.05, 3.63) is 106 Å². The van der Waals surface area contributed by atoms with Gasteiger partial charge < -0.3 is 14.8 Å². The smallest absolute Gasteiger partial charge is 0.293 e. The maximum atomic E-state index is 13.2. The molecule has 4 aromatic carbocycles. The van der Waals surface area contributed by atoms with Gasteiger partial charge in [-0.25, -0.2) is 0 Å². The Balaban J connectivity index is 1.31. The van der Waals surface area contributed by atoms with Crippen molar-refractivity contribution in [3.63, 3.8) is 0 Å². The molecule has 5 rings (SSSR count). The first-order valence-corrected chi connectivity index (χ1v) is 13.8. The molecule has 202 valence electrons. The van der Waals surface area contributed by atoms with E-state index in [1.54, 1.807) is 30.3 Å². The number of carbonyl (C=O) groups is 3. The second kappa shape index (κ2) is 12.3. The molecule has 9 heteroatoms. The zero-order valence-corrected chi connectivity index (χ0v) is 23.1. The Kier molecular flexibility index (Phi) is 8.38. The number of amides is 3. The molecule has 0 unspecified atom stereocenters. The van der Waals surface area contributed by atoms with Crippen LogP contribution in [0.1, 0.15) is 18.1 Å². The number of thioether (sulfide) groups is 1. The standard InChI is InChI=1S/C31H25ClN2O5S/c1-2-38-26-16-21(15-25(32)29(26)39-19-28(35)33-24-10-4-3-5-11-24)17-27-30(36)34(31(37)40-27)18-20-12-13-22-8-6-7-9-23(22)14-20/h3-17H,2,18-19H2,1H3,(H,33,35)/b27-17-. The molecule has 0 bridgehead atoms. The van der Waals surface area contributed by atoms with Crippen LogP contribution in [0.5, 0.6) is 11.5 Å². The van der Waals surface area contributed by atoms with Crippen LogP contribution >= 0.6 is 23.4 Å². The fourth-order valence-corrected chi connectivity index (χ4v) is 5.35. The van der Waals surface area contributed by atoms with Crippen LogP contribution in [0, 0.1) is 0 Å². The third-order valence-corrected chi connectivity index (χ3v) is 7.25. The summed E-state index contributed by atoms with van der Waals surface area (Å²) in [6.07, 6.45) is 1.60. The number of hydrogen-bond donors (Lipinski definition) is 1. The molecule has 40 heavy (non-hydrogen) atoms. The molecule has 4 aromatic rings. The average molecular weight is 573 g/mol. The van der Waals surface area contributed by atoms with E-state index in [2.05, 4.69) is 5.32 Å². The van der Waals surface area contributed by atoms with E-state index in [0.29, 0.717) is 23.6 Å². The predicted molar refractivity (Wildman–Crippen MR) is 159 cm³/mol. The maximum Gasteiger partial charge on any atom is 0.293 e. The van der Waals surface area contributed by atoms with Crippen molar-refractivity contribution in [2.24, 2.45) is 0 Å². The lowest BCUT2D eigenvalue weighted by molar-refractivity contribution is -0.123. The minimum Gasteiger partial charge on any atom is -0.490 e. The molecule has 7 nitrogen and oxygen atoms in total. The zero-order valence-electron chi connectivity index (χ0n) is 21.6. The van der Waals surface area contributed by atoms with Crippen LogP contribution in [-0.4, -0.2) is 35.2 Å². The second-order valence-electron chi connectivity index (χ2n) is 8.92. The summed E-state index contributed by atoms with van der Waals surface area (Å²) in [5.41, 5.74) is 2.07. The highest BCUT2D eigenvalue weighted by Gasteiger charge is 2.35. The number of carbonyl (C=O) groups excluding carboxylic acids is 3. The molecule has 1 N–H and O–H groups in total. The lowest BCUT2D eigenvalue weighted by Crippen LogP contribution is -2.27. The summed E-state index contributed by atoms with van der Waals surface area (Å²) in [5, 5.41) is 4.74. The Hall–Kier alpha value is -4.27. The van der Waals surface area contributed by atoms with E-state index >= 15 is 0 Å².